The summed E-state index contributed by atoms with van der Waals surface area (Å²) in [4.78, 5) is 25.5. The van der Waals surface area contributed by atoms with Crippen LogP contribution in [0.2, 0.25) is 10.3 Å². The minimum Gasteiger partial charge on any atom is -0.414 e. The first-order valence-corrected chi connectivity index (χ1v) is 8.77. The minimum atomic E-state index is -0.316. The van der Waals surface area contributed by atoms with Crippen molar-refractivity contribution in [2.45, 2.75) is 26.7 Å². The Kier molecular flexibility index (Phi) is 5.06. The summed E-state index contributed by atoms with van der Waals surface area (Å²) in [6, 6.07) is 7.74. The number of benzene rings is 1. The van der Waals surface area contributed by atoms with Crippen molar-refractivity contribution in [3.05, 3.63) is 61.9 Å². The summed E-state index contributed by atoms with van der Waals surface area (Å²) in [5.74, 6) is 0.314. The van der Waals surface area contributed by atoms with E-state index in [0.717, 1.165) is 16.5 Å². The second-order valence-electron chi connectivity index (χ2n) is 6.32. The minimum absolute atomic E-state index is 0.271. The molecule has 3 rings (SSSR count). The smallest absolute Gasteiger partial charge is 0.305 e. The summed E-state index contributed by atoms with van der Waals surface area (Å²) in [6.45, 7) is 4.08. The van der Waals surface area contributed by atoms with Crippen LogP contribution in [-0.4, -0.2) is 21.8 Å². The molecule has 2 aromatic heterocycles. The number of hydrogen-bond donors (Lipinski definition) is 1. The number of rotatable bonds is 5. The molecule has 1 N–H and O–H groups in total. The quantitative estimate of drug-likeness (QED) is 0.731. The monoisotopic (exact) mass is 379 g/mol. The Hall–Kier alpha value is -1.98. The summed E-state index contributed by atoms with van der Waals surface area (Å²) in [6.07, 6.45) is 0.871. The van der Waals surface area contributed by atoms with Crippen molar-refractivity contribution in [1.82, 2.24) is 14.7 Å². The highest BCUT2D eigenvalue weighted by Gasteiger charge is 2.19. The van der Waals surface area contributed by atoms with Gasteiger partial charge in [-0.15, -0.1) is 4.73 Å². The third-order valence-corrected chi connectivity index (χ3v) is 4.66. The Morgan fingerprint density at radius 1 is 1.28 bits per heavy atom. The van der Waals surface area contributed by atoms with Crippen molar-refractivity contribution >= 4 is 34.1 Å². The highest BCUT2D eigenvalue weighted by atomic mass is 35.5. The number of nitrogens with one attached hydrogen (secondary N) is 1. The average molecular weight is 380 g/mol. The standard InChI is InChI=1S/C18H19Cl2N3O2/c1-10(2)8-15-17(20)22-14(18(24)23(15)25-3)9-12-11-6-4-5-7-13(11)21-16(12)19/h4-7,10,21H,8-9H2,1-3H3. The molecule has 0 atom stereocenters. The Labute approximate surface area is 155 Å². The molecule has 3 aromatic rings. The highest BCUT2D eigenvalue weighted by Crippen LogP contribution is 2.28. The van der Waals surface area contributed by atoms with Gasteiger partial charge >= 0.3 is 5.56 Å². The van der Waals surface area contributed by atoms with Gasteiger partial charge in [-0.2, -0.15) is 0 Å². The maximum atomic E-state index is 12.8. The van der Waals surface area contributed by atoms with Gasteiger partial charge in [0.05, 0.1) is 5.69 Å². The second-order valence-corrected chi connectivity index (χ2v) is 7.05. The molecule has 0 aliphatic rings. The topological polar surface area (TPSA) is 59.9 Å². The van der Waals surface area contributed by atoms with E-state index in [0.29, 0.717) is 28.9 Å². The zero-order chi connectivity index (χ0) is 18.1. The molecule has 0 saturated heterocycles. The first-order chi connectivity index (χ1) is 11.9. The molecule has 0 radical (unpaired) electrons. The van der Waals surface area contributed by atoms with Crippen molar-refractivity contribution in [3.63, 3.8) is 0 Å². The number of halogens is 2. The van der Waals surface area contributed by atoms with Crippen molar-refractivity contribution in [3.8, 4) is 0 Å². The third-order valence-electron chi connectivity index (χ3n) is 4.04. The summed E-state index contributed by atoms with van der Waals surface area (Å²) in [5.41, 5.74) is 2.29. The van der Waals surface area contributed by atoms with E-state index in [1.807, 2.05) is 38.1 Å². The lowest BCUT2D eigenvalue weighted by molar-refractivity contribution is 0.145. The molecule has 7 heteroatoms. The van der Waals surface area contributed by atoms with Gasteiger partial charge in [-0.3, -0.25) is 4.79 Å². The number of hydrogen-bond acceptors (Lipinski definition) is 3. The van der Waals surface area contributed by atoms with Crippen LogP contribution < -0.4 is 10.4 Å². The van der Waals surface area contributed by atoms with Crippen LogP contribution in [0.5, 0.6) is 0 Å². The van der Waals surface area contributed by atoms with Gasteiger partial charge in [0.15, 0.2) is 5.15 Å². The van der Waals surface area contributed by atoms with Gasteiger partial charge in [0.25, 0.3) is 0 Å². The van der Waals surface area contributed by atoms with Crippen LogP contribution in [0.25, 0.3) is 10.9 Å². The second kappa shape index (κ2) is 7.10. The van der Waals surface area contributed by atoms with Crippen molar-refractivity contribution < 1.29 is 4.84 Å². The maximum absolute atomic E-state index is 12.8. The molecule has 25 heavy (non-hydrogen) atoms. The van der Waals surface area contributed by atoms with E-state index < -0.39 is 0 Å². The fraction of sp³-hybridized carbons (Fsp3) is 0.333. The summed E-state index contributed by atoms with van der Waals surface area (Å²) < 4.78 is 1.23. The first kappa shape index (κ1) is 17.8. The Bertz CT molecular complexity index is 976. The number of aromatic amines is 1. The average Bonchev–Trinajstić information content (AvgIpc) is 2.88. The van der Waals surface area contributed by atoms with Crippen molar-refractivity contribution in [2.24, 2.45) is 5.92 Å². The lowest BCUT2D eigenvalue weighted by Gasteiger charge is -2.15. The SMILES string of the molecule is COn1c(CC(C)C)c(Cl)nc(Cc2c(Cl)[nH]c3ccccc23)c1=O. The molecule has 0 saturated carbocycles. The van der Waals surface area contributed by atoms with Gasteiger partial charge in [-0.1, -0.05) is 55.2 Å². The van der Waals surface area contributed by atoms with Gasteiger partial charge in [0, 0.05) is 22.9 Å². The normalized spacial score (nSPS) is 11.4. The molecule has 0 fully saturated rings. The molecular formula is C18H19Cl2N3O2. The van der Waals surface area contributed by atoms with Gasteiger partial charge in [0.2, 0.25) is 0 Å². The number of nitrogens with zero attached hydrogens (tertiary/aromatic N) is 2. The van der Waals surface area contributed by atoms with Crippen molar-refractivity contribution in [1.29, 1.82) is 0 Å². The predicted molar refractivity (Wildman–Crippen MR) is 101 cm³/mol. The molecule has 1 aromatic carbocycles. The maximum Gasteiger partial charge on any atom is 0.305 e. The van der Waals surface area contributed by atoms with Crippen LogP contribution in [0.3, 0.4) is 0 Å². The Balaban J connectivity index is 2.10. The molecule has 2 heterocycles. The first-order valence-electron chi connectivity index (χ1n) is 8.02. The molecule has 0 aliphatic heterocycles. The van der Waals surface area contributed by atoms with Crippen LogP contribution >= 0.6 is 23.2 Å². The van der Waals surface area contributed by atoms with E-state index in [2.05, 4.69) is 9.97 Å². The lowest BCUT2D eigenvalue weighted by atomic mass is 10.1. The summed E-state index contributed by atoms with van der Waals surface area (Å²) >= 11 is 12.7. The van der Waals surface area contributed by atoms with E-state index in [-0.39, 0.29) is 17.1 Å². The number of fused-ring (bicyclic) bond motifs is 1. The fourth-order valence-corrected chi connectivity index (χ4v) is 3.45. The Morgan fingerprint density at radius 2 is 2.00 bits per heavy atom. The highest BCUT2D eigenvalue weighted by molar-refractivity contribution is 6.31. The lowest BCUT2D eigenvalue weighted by Crippen LogP contribution is -2.33. The van der Waals surface area contributed by atoms with E-state index in [9.17, 15) is 4.79 Å². The molecule has 0 amide bonds. The van der Waals surface area contributed by atoms with Crippen LogP contribution in [-0.2, 0) is 12.8 Å². The summed E-state index contributed by atoms with van der Waals surface area (Å²) in [7, 11) is 1.45. The fourth-order valence-electron chi connectivity index (χ4n) is 2.92. The van der Waals surface area contributed by atoms with E-state index in [1.54, 1.807) is 0 Å². The van der Waals surface area contributed by atoms with E-state index in [4.69, 9.17) is 28.0 Å². The van der Waals surface area contributed by atoms with Crippen LogP contribution in [0.1, 0.15) is 30.8 Å². The zero-order valence-corrected chi connectivity index (χ0v) is 15.8. The predicted octanol–water partition coefficient (Wildman–Crippen LogP) is 3.88. The number of para-hydroxylation sites is 1. The molecule has 0 unspecified atom stereocenters. The van der Waals surface area contributed by atoms with Gasteiger partial charge in [-0.25, -0.2) is 4.98 Å². The molecule has 132 valence electrons. The van der Waals surface area contributed by atoms with Crippen LogP contribution in [0.15, 0.2) is 29.1 Å². The zero-order valence-electron chi connectivity index (χ0n) is 14.3. The van der Waals surface area contributed by atoms with Crippen LogP contribution in [0, 0.1) is 5.92 Å². The molecule has 0 bridgehead atoms. The molecular weight excluding hydrogens is 361 g/mol. The largest absolute Gasteiger partial charge is 0.414 e. The number of aromatic nitrogens is 3. The van der Waals surface area contributed by atoms with Crippen molar-refractivity contribution in [2.75, 3.05) is 7.11 Å². The third kappa shape index (κ3) is 3.39. The van der Waals surface area contributed by atoms with Gasteiger partial charge < -0.3 is 9.82 Å². The molecule has 0 spiro atoms. The molecule has 5 nitrogen and oxygen atoms in total. The Morgan fingerprint density at radius 3 is 2.68 bits per heavy atom. The van der Waals surface area contributed by atoms with Gasteiger partial charge in [0.1, 0.15) is 18.0 Å². The summed E-state index contributed by atoms with van der Waals surface area (Å²) in [5, 5.41) is 1.73. The van der Waals surface area contributed by atoms with E-state index in [1.165, 1.54) is 11.8 Å². The van der Waals surface area contributed by atoms with Gasteiger partial charge in [-0.05, 0) is 18.4 Å². The number of H-pyrrole nitrogens is 1. The molecule has 0 aliphatic carbocycles. The van der Waals surface area contributed by atoms with Crippen LogP contribution in [0.4, 0.5) is 0 Å². The van der Waals surface area contributed by atoms with E-state index >= 15 is 0 Å².